The van der Waals surface area contributed by atoms with E-state index in [0.29, 0.717) is 24.3 Å². The van der Waals surface area contributed by atoms with E-state index >= 15 is 0 Å². The Kier molecular flexibility index (Phi) is 8.40. The number of nitrogens with one attached hydrogen (secondary N) is 1. The fourth-order valence-corrected chi connectivity index (χ4v) is 5.12. The maximum Gasteiger partial charge on any atom is 0.294 e. The summed E-state index contributed by atoms with van der Waals surface area (Å²) in [5, 5.41) is 2.42. The molecule has 0 unspecified atom stereocenters. The number of methoxy groups -OCH3 is 1. The molecule has 0 bridgehead atoms. The van der Waals surface area contributed by atoms with Gasteiger partial charge in [-0.1, -0.05) is 23.7 Å². The number of ether oxygens (including phenoxy) is 2. The third kappa shape index (κ3) is 6.44. The summed E-state index contributed by atoms with van der Waals surface area (Å²) in [6.45, 7) is 2.64. The van der Waals surface area contributed by atoms with Crippen LogP contribution in [0.4, 0.5) is 10.5 Å². The Hall–Kier alpha value is -3.50. The van der Waals surface area contributed by atoms with Gasteiger partial charge in [0.25, 0.3) is 17.1 Å². The van der Waals surface area contributed by atoms with E-state index in [1.54, 1.807) is 23.1 Å². The molecule has 2 fully saturated rings. The molecule has 11 heteroatoms. The third-order valence-corrected chi connectivity index (χ3v) is 7.01. The van der Waals surface area contributed by atoms with Gasteiger partial charge in [0, 0.05) is 18.8 Å². The quantitative estimate of drug-likeness (QED) is 0.494. The Morgan fingerprint density at radius 3 is 2.62 bits per heavy atom. The summed E-state index contributed by atoms with van der Waals surface area (Å²) in [5.41, 5.74) is 2.16. The maximum atomic E-state index is 12.8. The van der Waals surface area contributed by atoms with Gasteiger partial charge in [0.05, 0.1) is 17.0 Å². The number of anilines is 1. The van der Waals surface area contributed by atoms with Crippen LogP contribution in [0.2, 0.25) is 5.02 Å². The van der Waals surface area contributed by atoms with E-state index in [2.05, 4.69) is 5.32 Å². The van der Waals surface area contributed by atoms with Gasteiger partial charge >= 0.3 is 0 Å². The molecule has 2 aliphatic heterocycles. The van der Waals surface area contributed by atoms with Gasteiger partial charge in [-0.2, -0.15) is 0 Å². The van der Waals surface area contributed by atoms with E-state index in [-0.39, 0.29) is 46.4 Å². The molecule has 2 saturated heterocycles. The van der Waals surface area contributed by atoms with Crippen LogP contribution in [0.25, 0.3) is 6.08 Å². The lowest BCUT2D eigenvalue weighted by Crippen LogP contribution is -2.40. The van der Waals surface area contributed by atoms with Crippen molar-refractivity contribution in [3.05, 3.63) is 57.5 Å². The minimum atomic E-state index is -0.536. The predicted molar refractivity (Wildman–Crippen MR) is 142 cm³/mol. The number of likely N-dealkylation sites (tertiary alicyclic amines) is 1. The van der Waals surface area contributed by atoms with Gasteiger partial charge in [0.2, 0.25) is 5.91 Å². The molecule has 2 aliphatic rings. The largest absolute Gasteiger partial charge is 0.493 e. The Morgan fingerprint density at radius 2 is 1.92 bits per heavy atom. The molecule has 4 rings (SSSR count). The zero-order valence-electron chi connectivity index (χ0n) is 20.4. The number of carbonyl (C=O) groups excluding carboxylic acids is 4. The molecule has 0 aliphatic carbocycles. The van der Waals surface area contributed by atoms with Crippen molar-refractivity contribution in [2.45, 2.75) is 19.8 Å². The first kappa shape index (κ1) is 26.6. The number of hydrogen-bond acceptors (Lipinski definition) is 7. The van der Waals surface area contributed by atoms with Crippen molar-refractivity contribution < 1.29 is 28.7 Å². The summed E-state index contributed by atoms with van der Waals surface area (Å²) >= 11 is 7.17. The lowest BCUT2D eigenvalue weighted by molar-refractivity contribution is -0.135. The molecule has 37 heavy (non-hydrogen) atoms. The molecule has 2 heterocycles. The van der Waals surface area contributed by atoms with Gasteiger partial charge in [-0.25, -0.2) is 0 Å². The van der Waals surface area contributed by atoms with Crippen LogP contribution in [0.3, 0.4) is 0 Å². The number of thioether (sulfide) groups is 1. The van der Waals surface area contributed by atoms with Gasteiger partial charge in [0.15, 0.2) is 18.1 Å². The van der Waals surface area contributed by atoms with Crippen LogP contribution >= 0.6 is 23.4 Å². The fraction of sp³-hybridized carbons (Fsp3) is 0.308. The normalized spacial score (nSPS) is 16.5. The third-order valence-electron chi connectivity index (χ3n) is 5.82. The first-order chi connectivity index (χ1) is 17.7. The number of amides is 4. The van der Waals surface area contributed by atoms with Gasteiger partial charge in [-0.05, 0) is 73.0 Å². The van der Waals surface area contributed by atoms with E-state index in [4.69, 9.17) is 21.1 Å². The second-order valence-corrected chi connectivity index (χ2v) is 10.00. The van der Waals surface area contributed by atoms with Crippen molar-refractivity contribution in [3.8, 4) is 11.5 Å². The number of hydrogen-bond donors (Lipinski definition) is 1. The lowest BCUT2D eigenvalue weighted by atomic mass is 10.1. The van der Waals surface area contributed by atoms with Crippen LogP contribution in [0.1, 0.15) is 24.0 Å². The van der Waals surface area contributed by atoms with E-state index in [1.807, 2.05) is 25.1 Å². The van der Waals surface area contributed by atoms with E-state index in [1.165, 1.54) is 13.2 Å². The van der Waals surface area contributed by atoms with Gasteiger partial charge in [-0.15, -0.1) is 0 Å². The lowest BCUT2D eigenvalue weighted by Gasteiger charge is -2.18. The molecular formula is C26H26ClN3O6S. The Balaban J connectivity index is 1.43. The number of rotatable bonds is 8. The molecule has 1 N–H and O–H groups in total. The maximum absolute atomic E-state index is 12.8. The van der Waals surface area contributed by atoms with Crippen LogP contribution in [0.15, 0.2) is 41.3 Å². The highest BCUT2D eigenvalue weighted by Gasteiger charge is 2.37. The van der Waals surface area contributed by atoms with Crippen LogP contribution in [0, 0.1) is 6.92 Å². The zero-order valence-corrected chi connectivity index (χ0v) is 22.0. The fourth-order valence-electron chi connectivity index (χ4n) is 4.01. The minimum absolute atomic E-state index is 0.164. The number of imide groups is 1. The van der Waals surface area contributed by atoms with Crippen molar-refractivity contribution in [1.82, 2.24) is 9.80 Å². The van der Waals surface area contributed by atoms with Crippen molar-refractivity contribution >= 4 is 58.1 Å². The topological polar surface area (TPSA) is 105 Å². The molecule has 0 saturated carbocycles. The van der Waals surface area contributed by atoms with E-state index in [9.17, 15) is 19.2 Å². The minimum Gasteiger partial charge on any atom is -0.493 e. The van der Waals surface area contributed by atoms with Crippen molar-refractivity contribution in [2.75, 3.05) is 38.7 Å². The summed E-state index contributed by atoms with van der Waals surface area (Å²) in [7, 11) is 1.42. The first-order valence-corrected chi connectivity index (χ1v) is 12.8. The highest BCUT2D eigenvalue weighted by molar-refractivity contribution is 8.18. The van der Waals surface area contributed by atoms with Crippen LogP contribution in [-0.4, -0.2) is 66.1 Å². The summed E-state index contributed by atoms with van der Waals surface area (Å²) in [5.74, 6) is -0.718. The van der Waals surface area contributed by atoms with Gasteiger partial charge in [0.1, 0.15) is 6.54 Å². The zero-order chi connectivity index (χ0) is 26.5. The van der Waals surface area contributed by atoms with Crippen molar-refractivity contribution in [3.63, 3.8) is 0 Å². The monoisotopic (exact) mass is 543 g/mol. The van der Waals surface area contributed by atoms with Gasteiger partial charge < -0.3 is 19.7 Å². The molecule has 2 aromatic carbocycles. The second-order valence-electron chi connectivity index (χ2n) is 8.60. The molecule has 0 spiro atoms. The molecule has 0 radical (unpaired) electrons. The molecule has 4 amide bonds. The summed E-state index contributed by atoms with van der Waals surface area (Å²) in [6, 6.07) is 10.5. The molecular weight excluding hydrogens is 518 g/mol. The number of halogens is 1. The van der Waals surface area contributed by atoms with Crippen LogP contribution in [0.5, 0.6) is 11.5 Å². The number of aryl methyl sites for hydroxylation is 1. The summed E-state index contributed by atoms with van der Waals surface area (Å²) in [4.78, 5) is 52.8. The number of nitrogens with zero attached hydrogens (tertiary/aromatic N) is 2. The summed E-state index contributed by atoms with van der Waals surface area (Å²) in [6.07, 6.45) is 3.36. The second kappa shape index (κ2) is 11.7. The molecule has 9 nitrogen and oxygen atoms in total. The average molecular weight is 544 g/mol. The standard InChI is InChI=1S/C26H26ClN3O6S/c1-16-6-5-7-18(10-16)28-22(31)15-36-24-19(27)11-17(12-20(24)35-2)13-21-25(33)30(26(34)37-21)14-23(32)29-8-3-4-9-29/h5-7,10-13H,3-4,8-9,14-15H2,1-2H3,(H,28,31)/b21-13-. The van der Waals surface area contributed by atoms with Gasteiger partial charge in [-0.3, -0.25) is 24.1 Å². The molecule has 194 valence electrons. The molecule has 0 atom stereocenters. The van der Waals surface area contributed by atoms with Crippen LogP contribution in [-0.2, 0) is 14.4 Å². The summed E-state index contributed by atoms with van der Waals surface area (Å²) < 4.78 is 11.0. The smallest absolute Gasteiger partial charge is 0.294 e. The Labute approximate surface area is 223 Å². The number of carbonyl (C=O) groups is 4. The van der Waals surface area contributed by atoms with E-state index in [0.717, 1.165) is 35.1 Å². The predicted octanol–water partition coefficient (Wildman–Crippen LogP) is 4.33. The molecule has 2 aromatic rings. The van der Waals surface area contributed by atoms with Crippen LogP contribution < -0.4 is 14.8 Å². The van der Waals surface area contributed by atoms with E-state index < -0.39 is 11.1 Å². The Morgan fingerprint density at radius 1 is 1.16 bits per heavy atom. The average Bonchev–Trinajstić information content (AvgIpc) is 3.48. The SMILES string of the molecule is COc1cc(/C=C2\SC(=O)N(CC(=O)N3CCCC3)C2=O)cc(Cl)c1OCC(=O)Nc1cccc(C)c1. The first-order valence-electron chi connectivity index (χ1n) is 11.6. The van der Waals surface area contributed by atoms with Crippen molar-refractivity contribution in [2.24, 2.45) is 0 Å². The number of benzene rings is 2. The molecule has 0 aromatic heterocycles. The Bertz CT molecular complexity index is 1270. The van der Waals surface area contributed by atoms with Crippen molar-refractivity contribution in [1.29, 1.82) is 0 Å². The highest BCUT2D eigenvalue weighted by atomic mass is 35.5. The highest BCUT2D eigenvalue weighted by Crippen LogP contribution is 2.39.